The van der Waals surface area contributed by atoms with Gasteiger partial charge in [0, 0.05) is 26.3 Å². The molecular weight excluding hydrogens is 322 g/mol. The van der Waals surface area contributed by atoms with Crippen LogP contribution in [-0.4, -0.2) is 54.4 Å². The van der Waals surface area contributed by atoms with Gasteiger partial charge in [0.2, 0.25) is 0 Å². The summed E-state index contributed by atoms with van der Waals surface area (Å²) in [6, 6.07) is 9.11. The number of carbonyl (C=O) groups excluding carboxylic acids is 1. The van der Waals surface area contributed by atoms with Crippen LogP contribution in [0.1, 0.15) is 29.0 Å². The Labute approximate surface area is 146 Å². The molecule has 7 heteroatoms. The van der Waals surface area contributed by atoms with Crippen LogP contribution in [0.3, 0.4) is 0 Å². The number of nitrogens with zero attached hydrogens (tertiary/aromatic N) is 2. The van der Waals surface area contributed by atoms with Crippen LogP contribution in [0.15, 0.2) is 30.3 Å². The molecule has 1 saturated heterocycles. The van der Waals surface area contributed by atoms with Gasteiger partial charge in [-0.1, -0.05) is 6.07 Å². The number of methoxy groups -OCH3 is 2. The summed E-state index contributed by atoms with van der Waals surface area (Å²) in [5.74, 6) is 1.35. The molecule has 1 amide bonds. The number of nitrogens with one attached hydrogen (secondary N) is 1. The van der Waals surface area contributed by atoms with E-state index >= 15 is 0 Å². The van der Waals surface area contributed by atoms with E-state index in [4.69, 9.17) is 14.2 Å². The molecule has 1 aromatic carbocycles. The average Bonchev–Trinajstić information content (AvgIpc) is 3.15. The number of aromatic nitrogens is 2. The van der Waals surface area contributed by atoms with Crippen LogP contribution in [0.4, 0.5) is 0 Å². The molecule has 7 nitrogen and oxygen atoms in total. The molecule has 1 aromatic heterocycles. The van der Waals surface area contributed by atoms with Gasteiger partial charge < -0.3 is 19.1 Å². The fourth-order valence-corrected chi connectivity index (χ4v) is 2.87. The quantitative estimate of drug-likeness (QED) is 0.869. The number of hydrogen-bond donors (Lipinski definition) is 1. The van der Waals surface area contributed by atoms with E-state index in [1.807, 2.05) is 18.2 Å². The molecule has 25 heavy (non-hydrogen) atoms. The zero-order valence-corrected chi connectivity index (χ0v) is 14.5. The SMILES string of the molecule is COc1cccc(OCc2cc(C(=O)N3CCC[C@@H](OC)C3)n[nH]2)c1. The van der Waals surface area contributed by atoms with Crippen molar-refractivity contribution in [3.63, 3.8) is 0 Å². The molecule has 3 rings (SSSR count). The van der Waals surface area contributed by atoms with E-state index in [-0.39, 0.29) is 12.0 Å². The standard InChI is InChI=1S/C18H23N3O4/c1-23-14-5-3-6-15(10-14)25-12-13-9-17(20-19-13)18(22)21-8-4-7-16(11-21)24-2/h3,5-6,9-10,16H,4,7-8,11-12H2,1-2H3,(H,19,20)/t16-/m1/s1. The molecule has 1 fully saturated rings. The van der Waals surface area contributed by atoms with E-state index in [0.717, 1.165) is 30.8 Å². The molecule has 0 spiro atoms. The van der Waals surface area contributed by atoms with Crippen molar-refractivity contribution in [3.05, 3.63) is 41.7 Å². The number of carbonyl (C=O) groups is 1. The lowest BCUT2D eigenvalue weighted by Gasteiger charge is -2.31. The van der Waals surface area contributed by atoms with Crippen molar-refractivity contribution in [1.29, 1.82) is 0 Å². The fourth-order valence-electron chi connectivity index (χ4n) is 2.87. The number of amides is 1. The summed E-state index contributed by atoms with van der Waals surface area (Å²) in [7, 11) is 3.29. The van der Waals surface area contributed by atoms with E-state index in [1.54, 1.807) is 31.3 Å². The molecular formula is C18H23N3O4. The number of rotatable bonds is 6. The Balaban J connectivity index is 1.59. The number of hydrogen-bond acceptors (Lipinski definition) is 5. The lowest BCUT2D eigenvalue weighted by Crippen LogP contribution is -2.43. The van der Waals surface area contributed by atoms with Crippen molar-refractivity contribution in [2.24, 2.45) is 0 Å². The maximum atomic E-state index is 12.6. The Morgan fingerprint density at radius 3 is 2.96 bits per heavy atom. The lowest BCUT2D eigenvalue weighted by atomic mass is 10.1. The molecule has 2 heterocycles. The van der Waals surface area contributed by atoms with Crippen molar-refractivity contribution in [2.75, 3.05) is 27.3 Å². The number of ether oxygens (including phenoxy) is 3. The first-order valence-electron chi connectivity index (χ1n) is 8.33. The maximum Gasteiger partial charge on any atom is 0.274 e. The van der Waals surface area contributed by atoms with Crippen molar-refractivity contribution in [1.82, 2.24) is 15.1 Å². The van der Waals surface area contributed by atoms with E-state index in [0.29, 0.717) is 24.6 Å². The molecule has 2 aromatic rings. The van der Waals surface area contributed by atoms with Crippen molar-refractivity contribution >= 4 is 5.91 Å². The summed E-state index contributed by atoms with van der Waals surface area (Å²) in [4.78, 5) is 14.4. The Morgan fingerprint density at radius 1 is 1.32 bits per heavy atom. The monoisotopic (exact) mass is 345 g/mol. The van der Waals surface area contributed by atoms with Gasteiger partial charge in [-0.15, -0.1) is 0 Å². The fraction of sp³-hybridized carbons (Fsp3) is 0.444. The third kappa shape index (κ3) is 4.30. The van der Waals surface area contributed by atoms with Crippen LogP contribution in [0, 0.1) is 0 Å². The first-order chi connectivity index (χ1) is 12.2. The van der Waals surface area contributed by atoms with Gasteiger partial charge in [-0.05, 0) is 31.0 Å². The van der Waals surface area contributed by atoms with Crippen LogP contribution in [-0.2, 0) is 11.3 Å². The minimum absolute atomic E-state index is 0.0781. The average molecular weight is 345 g/mol. The summed E-state index contributed by atoms with van der Waals surface area (Å²) in [5.41, 5.74) is 1.15. The number of piperidine rings is 1. The lowest BCUT2D eigenvalue weighted by molar-refractivity contribution is 0.0265. The van der Waals surface area contributed by atoms with E-state index in [1.165, 1.54) is 0 Å². The first-order valence-corrected chi connectivity index (χ1v) is 8.33. The number of likely N-dealkylation sites (tertiary alicyclic amines) is 1. The molecule has 1 N–H and O–H groups in total. The first kappa shape index (κ1) is 17.3. The van der Waals surface area contributed by atoms with Crippen molar-refractivity contribution < 1.29 is 19.0 Å². The van der Waals surface area contributed by atoms with Crippen LogP contribution >= 0.6 is 0 Å². The second-order valence-electron chi connectivity index (χ2n) is 6.00. The molecule has 0 bridgehead atoms. The van der Waals surface area contributed by atoms with Gasteiger partial charge in [0.25, 0.3) is 5.91 Å². The largest absolute Gasteiger partial charge is 0.497 e. The normalized spacial score (nSPS) is 17.4. The summed E-state index contributed by atoms with van der Waals surface area (Å²) in [5, 5.41) is 6.99. The van der Waals surface area contributed by atoms with E-state index in [9.17, 15) is 4.79 Å². The molecule has 0 radical (unpaired) electrons. The second-order valence-corrected chi connectivity index (χ2v) is 6.00. The zero-order chi connectivity index (χ0) is 17.6. The second kappa shape index (κ2) is 8.02. The molecule has 1 aliphatic heterocycles. The summed E-state index contributed by atoms with van der Waals surface area (Å²) in [6.07, 6.45) is 2.04. The Hall–Kier alpha value is -2.54. The van der Waals surface area contributed by atoms with Gasteiger partial charge in [0.05, 0.1) is 18.9 Å². The minimum atomic E-state index is -0.0781. The van der Waals surface area contributed by atoms with Crippen LogP contribution in [0.5, 0.6) is 11.5 Å². The Morgan fingerprint density at radius 2 is 2.16 bits per heavy atom. The molecule has 0 saturated carbocycles. The van der Waals surface area contributed by atoms with Gasteiger partial charge in [0.1, 0.15) is 18.1 Å². The predicted molar refractivity (Wildman–Crippen MR) is 91.8 cm³/mol. The van der Waals surface area contributed by atoms with Crippen LogP contribution < -0.4 is 9.47 Å². The zero-order valence-electron chi connectivity index (χ0n) is 14.5. The highest BCUT2D eigenvalue weighted by Crippen LogP contribution is 2.20. The highest BCUT2D eigenvalue weighted by atomic mass is 16.5. The van der Waals surface area contributed by atoms with E-state index < -0.39 is 0 Å². The molecule has 1 atom stereocenters. The number of benzene rings is 1. The summed E-state index contributed by atoms with van der Waals surface area (Å²) < 4.78 is 16.2. The number of H-pyrrole nitrogens is 1. The van der Waals surface area contributed by atoms with Gasteiger partial charge in [0.15, 0.2) is 5.69 Å². The Kier molecular flexibility index (Phi) is 5.55. The topological polar surface area (TPSA) is 76.7 Å². The number of aromatic amines is 1. The van der Waals surface area contributed by atoms with Gasteiger partial charge in [-0.3, -0.25) is 9.89 Å². The van der Waals surface area contributed by atoms with Crippen molar-refractivity contribution in [3.8, 4) is 11.5 Å². The smallest absolute Gasteiger partial charge is 0.274 e. The third-order valence-corrected chi connectivity index (χ3v) is 4.28. The molecule has 0 aliphatic carbocycles. The molecule has 1 aliphatic rings. The molecule has 134 valence electrons. The highest BCUT2D eigenvalue weighted by molar-refractivity contribution is 5.92. The van der Waals surface area contributed by atoms with Crippen LogP contribution in [0.25, 0.3) is 0 Å². The van der Waals surface area contributed by atoms with Gasteiger partial charge >= 0.3 is 0 Å². The summed E-state index contributed by atoms with van der Waals surface area (Å²) >= 11 is 0. The Bertz CT molecular complexity index is 716. The highest BCUT2D eigenvalue weighted by Gasteiger charge is 2.25. The van der Waals surface area contributed by atoms with E-state index in [2.05, 4.69) is 10.2 Å². The molecule has 0 unspecified atom stereocenters. The summed E-state index contributed by atoms with van der Waals surface area (Å²) in [6.45, 7) is 1.65. The predicted octanol–water partition coefficient (Wildman–Crippen LogP) is 2.25. The van der Waals surface area contributed by atoms with Crippen molar-refractivity contribution in [2.45, 2.75) is 25.6 Å². The minimum Gasteiger partial charge on any atom is -0.497 e. The third-order valence-electron chi connectivity index (χ3n) is 4.28. The van der Waals surface area contributed by atoms with Gasteiger partial charge in [-0.25, -0.2) is 0 Å². The van der Waals surface area contributed by atoms with Gasteiger partial charge in [-0.2, -0.15) is 5.10 Å². The van der Waals surface area contributed by atoms with Crippen LogP contribution in [0.2, 0.25) is 0 Å². The maximum absolute atomic E-state index is 12.6.